The average Bonchev–Trinajstić information content (AvgIpc) is 3.45. The first-order valence-corrected chi connectivity index (χ1v) is 15.5. The molecule has 0 saturated carbocycles. The van der Waals surface area contributed by atoms with Crippen LogP contribution in [0.4, 0.5) is 4.79 Å². The molecular formula is C33H44N6O3S. The van der Waals surface area contributed by atoms with Crippen LogP contribution in [0, 0.1) is 0 Å². The van der Waals surface area contributed by atoms with Gasteiger partial charge in [-0.05, 0) is 30.4 Å². The third-order valence-electron chi connectivity index (χ3n) is 6.76. The number of rotatable bonds is 15. The first kappa shape index (κ1) is 33.5. The number of nitrogens with zero attached hydrogens (tertiary/aromatic N) is 2. The van der Waals surface area contributed by atoms with Gasteiger partial charge in [0.25, 0.3) is 0 Å². The van der Waals surface area contributed by atoms with Crippen molar-refractivity contribution in [3.63, 3.8) is 0 Å². The highest BCUT2D eigenvalue weighted by atomic mass is 32.1. The van der Waals surface area contributed by atoms with Crippen LogP contribution in [0.25, 0.3) is 0 Å². The number of aromatic nitrogens is 1. The second-order valence-electron chi connectivity index (χ2n) is 11.0. The molecule has 3 atom stereocenters. The van der Waals surface area contributed by atoms with Crippen molar-refractivity contribution in [3.8, 4) is 0 Å². The van der Waals surface area contributed by atoms with E-state index in [1.54, 1.807) is 18.4 Å². The summed E-state index contributed by atoms with van der Waals surface area (Å²) in [6.45, 7) is 6.12. The van der Waals surface area contributed by atoms with Gasteiger partial charge in [0.2, 0.25) is 11.8 Å². The van der Waals surface area contributed by atoms with E-state index in [0.29, 0.717) is 25.3 Å². The molecule has 0 aliphatic carbocycles. The van der Waals surface area contributed by atoms with Crippen molar-refractivity contribution in [2.24, 2.45) is 5.73 Å². The lowest BCUT2D eigenvalue weighted by molar-refractivity contribution is -0.124. The predicted octanol–water partition coefficient (Wildman–Crippen LogP) is 4.16. The third kappa shape index (κ3) is 12.0. The van der Waals surface area contributed by atoms with E-state index in [0.717, 1.165) is 21.8 Å². The van der Waals surface area contributed by atoms with Crippen molar-refractivity contribution in [3.05, 3.63) is 100 Å². The molecule has 0 spiro atoms. The highest BCUT2D eigenvalue weighted by Crippen LogP contribution is 2.20. The Balaban J connectivity index is 1.71. The Morgan fingerprint density at radius 2 is 1.58 bits per heavy atom. The lowest BCUT2D eigenvalue weighted by atomic mass is 10.0. The summed E-state index contributed by atoms with van der Waals surface area (Å²) in [4.78, 5) is 44.4. The van der Waals surface area contributed by atoms with Crippen LogP contribution < -0.4 is 21.7 Å². The zero-order valence-corrected chi connectivity index (χ0v) is 26.3. The van der Waals surface area contributed by atoms with E-state index in [9.17, 15) is 14.4 Å². The molecule has 10 heteroatoms. The van der Waals surface area contributed by atoms with Gasteiger partial charge in [0, 0.05) is 37.9 Å². The molecule has 43 heavy (non-hydrogen) atoms. The summed E-state index contributed by atoms with van der Waals surface area (Å²) in [5.74, 6) is -0.236. The Bertz CT molecular complexity index is 1330. The minimum absolute atomic E-state index is 0.204. The SMILES string of the molecule is CC(=O)NCC[C@H](NC(=O)N(C)Cc1csc(C(C)C)n1)C(=O)N[C@@H](/C=C/[C@H](N)Cc1ccccc1)Cc1ccccc1. The van der Waals surface area contributed by atoms with Gasteiger partial charge < -0.3 is 26.6 Å². The average molecular weight is 605 g/mol. The molecule has 0 radical (unpaired) electrons. The Hall–Kier alpha value is -4.02. The third-order valence-corrected chi connectivity index (χ3v) is 7.96. The number of hydrogen-bond donors (Lipinski definition) is 4. The van der Waals surface area contributed by atoms with E-state index >= 15 is 0 Å². The van der Waals surface area contributed by atoms with Gasteiger partial charge in [-0.15, -0.1) is 11.3 Å². The van der Waals surface area contributed by atoms with Crippen LogP contribution in [0.1, 0.15) is 54.9 Å². The number of carbonyl (C=O) groups excluding carboxylic acids is 3. The maximum atomic E-state index is 13.6. The van der Waals surface area contributed by atoms with Gasteiger partial charge >= 0.3 is 6.03 Å². The van der Waals surface area contributed by atoms with Crippen LogP contribution in [0.15, 0.2) is 78.2 Å². The smallest absolute Gasteiger partial charge is 0.318 e. The number of urea groups is 1. The van der Waals surface area contributed by atoms with Crippen LogP contribution in [0.5, 0.6) is 0 Å². The molecule has 0 aliphatic heterocycles. The molecule has 230 valence electrons. The van der Waals surface area contributed by atoms with E-state index < -0.39 is 12.1 Å². The fraction of sp³-hybridized carbons (Fsp3) is 0.394. The summed E-state index contributed by atoms with van der Waals surface area (Å²) in [6.07, 6.45) is 5.29. The van der Waals surface area contributed by atoms with Crippen LogP contribution in [0.3, 0.4) is 0 Å². The van der Waals surface area contributed by atoms with Gasteiger partial charge in [0.05, 0.1) is 23.3 Å². The van der Waals surface area contributed by atoms with Crippen molar-refractivity contribution in [1.82, 2.24) is 25.8 Å². The second-order valence-corrected chi connectivity index (χ2v) is 11.9. The molecule has 3 aromatic rings. The fourth-order valence-corrected chi connectivity index (χ4v) is 5.27. The van der Waals surface area contributed by atoms with E-state index in [2.05, 4.69) is 34.8 Å². The first-order chi connectivity index (χ1) is 20.6. The molecule has 0 saturated heterocycles. The zero-order valence-electron chi connectivity index (χ0n) is 25.5. The number of carbonyl (C=O) groups is 3. The summed E-state index contributed by atoms with van der Waals surface area (Å²) < 4.78 is 0. The van der Waals surface area contributed by atoms with Gasteiger partial charge in [0.1, 0.15) is 6.04 Å². The Labute approximate surface area is 259 Å². The quantitative estimate of drug-likeness (QED) is 0.194. The Kier molecular flexibility index (Phi) is 13.4. The molecule has 3 rings (SSSR count). The fourth-order valence-electron chi connectivity index (χ4n) is 4.45. The topological polar surface area (TPSA) is 129 Å². The van der Waals surface area contributed by atoms with Crippen molar-refractivity contribution in [2.75, 3.05) is 13.6 Å². The first-order valence-electron chi connectivity index (χ1n) is 14.6. The van der Waals surface area contributed by atoms with E-state index in [1.807, 2.05) is 78.2 Å². The maximum Gasteiger partial charge on any atom is 0.318 e. The molecule has 0 aliphatic rings. The van der Waals surface area contributed by atoms with Crippen LogP contribution >= 0.6 is 11.3 Å². The van der Waals surface area contributed by atoms with Gasteiger partial charge in [0.15, 0.2) is 0 Å². The highest BCUT2D eigenvalue weighted by Gasteiger charge is 2.25. The molecule has 0 unspecified atom stereocenters. The number of amides is 4. The molecular weight excluding hydrogens is 560 g/mol. The van der Waals surface area contributed by atoms with E-state index in [4.69, 9.17) is 5.73 Å². The summed E-state index contributed by atoms with van der Waals surface area (Å²) in [6, 6.07) is 18.0. The maximum absolute atomic E-state index is 13.6. The van der Waals surface area contributed by atoms with Crippen molar-refractivity contribution in [1.29, 1.82) is 0 Å². The number of thiazole rings is 1. The highest BCUT2D eigenvalue weighted by molar-refractivity contribution is 7.09. The number of benzene rings is 2. The number of nitrogens with one attached hydrogen (secondary N) is 3. The van der Waals surface area contributed by atoms with E-state index in [1.165, 1.54) is 11.8 Å². The zero-order chi connectivity index (χ0) is 31.2. The molecule has 4 amide bonds. The minimum atomic E-state index is -0.867. The van der Waals surface area contributed by atoms with E-state index in [-0.39, 0.29) is 36.9 Å². The molecule has 0 fully saturated rings. The Morgan fingerprint density at radius 3 is 2.16 bits per heavy atom. The van der Waals surface area contributed by atoms with Crippen LogP contribution in [-0.4, -0.2) is 59.4 Å². The van der Waals surface area contributed by atoms with Gasteiger partial charge in [-0.25, -0.2) is 9.78 Å². The Morgan fingerprint density at radius 1 is 0.953 bits per heavy atom. The molecule has 0 bridgehead atoms. The van der Waals surface area contributed by atoms with Crippen molar-refractivity contribution < 1.29 is 14.4 Å². The molecule has 2 aromatic carbocycles. The number of nitrogens with two attached hydrogens (primary N) is 1. The number of hydrogen-bond acceptors (Lipinski definition) is 6. The van der Waals surface area contributed by atoms with Crippen molar-refractivity contribution >= 4 is 29.2 Å². The molecule has 1 heterocycles. The standard InChI is InChI=1S/C33H44N6O3S/c1-23(2)32-37-29(22-43-32)21-39(4)33(42)38-30(17-18-35-24(3)40)31(41)36-28(20-26-13-9-6-10-14-26)16-15-27(34)19-25-11-7-5-8-12-25/h5-16,22-23,27-28,30H,17-21,34H2,1-4H3,(H,35,40)(H,36,41)(H,38,42)/b16-15+/t27-,28-,30-/m0/s1. The van der Waals surface area contributed by atoms with Gasteiger partial charge in [-0.2, -0.15) is 0 Å². The van der Waals surface area contributed by atoms with Crippen LogP contribution in [0.2, 0.25) is 0 Å². The van der Waals surface area contributed by atoms with Gasteiger partial charge in [-0.1, -0.05) is 86.7 Å². The molecule has 5 N–H and O–H groups in total. The largest absolute Gasteiger partial charge is 0.356 e. The predicted molar refractivity (Wildman–Crippen MR) is 173 cm³/mol. The summed E-state index contributed by atoms with van der Waals surface area (Å²) in [5.41, 5.74) is 9.39. The normalized spacial score (nSPS) is 13.3. The minimum Gasteiger partial charge on any atom is -0.356 e. The second kappa shape index (κ2) is 17.2. The lowest BCUT2D eigenvalue weighted by Gasteiger charge is -2.25. The van der Waals surface area contributed by atoms with Gasteiger partial charge in [-0.3, -0.25) is 9.59 Å². The monoisotopic (exact) mass is 604 g/mol. The van der Waals surface area contributed by atoms with Crippen LogP contribution in [-0.2, 0) is 29.0 Å². The summed E-state index contributed by atoms with van der Waals surface area (Å²) in [5, 5.41) is 11.6. The molecule has 9 nitrogen and oxygen atoms in total. The molecule has 1 aromatic heterocycles. The summed E-state index contributed by atoms with van der Waals surface area (Å²) in [7, 11) is 1.67. The lowest BCUT2D eigenvalue weighted by Crippen LogP contribution is -2.53. The van der Waals surface area contributed by atoms with Crippen molar-refractivity contribution in [2.45, 2.75) is 70.6 Å². The summed E-state index contributed by atoms with van der Waals surface area (Å²) >= 11 is 1.57.